The third kappa shape index (κ3) is 3.30. The molecule has 2 fully saturated rings. The summed E-state index contributed by atoms with van der Waals surface area (Å²) in [7, 11) is 0. The van der Waals surface area contributed by atoms with Gasteiger partial charge in [0, 0.05) is 12.8 Å². The van der Waals surface area contributed by atoms with Crippen LogP contribution in [0.4, 0.5) is 0 Å². The molecule has 124 valence electrons. The topological polar surface area (TPSA) is 35.5 Å². The van der Waals surface area contributed by atoms with Crippen molar-refractivity contribution in [3.8, 4) is 0 Å². The molecule has 0 bridgehead atoms. The zero-order chi connectivity index (χ0) is 15.6. The maximum absolute atomic E-state index is 12.0. The molecule has 0 radical (unpaired) electrons. The molecule has 3 heteroatoms. The zero-order valence-electron chi connectivity index (χ0n) is 14.2. The summed E-state index contributed by atoms with van der Waals surface area (Å²) in [4.78, 5) is 12.0. The first kappa shape index (κ1) is 16.2. The SMILES string of the molecule is CCCCC1=C2CC(=O)C[C@@]2(C)CC[C@@H]1CCC1OCCO1. The summed E-state index contributed by atoms with van der Waals surface area (Å²) in [6.45, 7) is 6.05. The number of allylic oxidation sites excluding steroid dienone is 2. The standard InChI is InChI=1S/C19H30O3/c1-3-4-5-16-14(6-7-18-21-10-11-22-18)8-9-19(2)13-15(20)12-17(16)19/h14,18H,3-13H2,1-2H3/t14-,19+/m0/s1. The summed E-state index contributed by atoms with van der Waals surface area (Å²) < 4.78 is 11.2. The van der Waals surface area contributed by atoms with E-state index in [9.17, 15) is 4.79 Å². The molecule has 1 saturated heterocycles. The molecule has 3 aliphatic rings. The average molecular weight is 306 g/mol. The van der Waals surface area contributed by atoms with Crippen molar-refractivity contribution in [2.24, 2.45) is 11.3 Å². The van der Waals surface area contributed by atoms with Gasteiger partial charge in [0.15, 0.2) is 6.29 Å². The van der Waals surface area contributed by atoms with E-state index in [0.717, 1.165) is 38.9 Å². The fraction of sp³-hybridized carbons (Fsp3) is 0.842. The average Bonchev–Trinajstić information content (AvgIpc) is 3.09. The number of rotatable bonds is 6. The molecule has 1 saturated carbocycles. The smallest absolute Gasteiger partial charge is 0.157 e. The molecule has 3 rings (SSSR count). The van der Waals surface area contributed by atoms with E-state index in [1.54, 1.807) is 5.57 Å². The summed E-state index contributed by atoms with van der Waals surface area (Å²) in [5.41, 5.74) is 3.31. The number of unbranched alkanes of at least 4 members (excludes halogenated alkanes) is 1. The molecule has 0 amide bonds. The highest BCUT2D eigenvalue weighted by Crippen LogP contribution is 2.53. The van der Waals surface area contributed by atoms with E-state index in [2.05, 4.69) is 13.8 Å². The third-order valence-electron chi connectivity index (χ3n) is 5.86. The molecule has 1 aliphatic heterocycles. The van der Waals surface area contributed by atoms with Gasteiger partial charge in [-0.25, -0.2) is 0 Å². The molecule has 0 aromatic rings. The maximum Gasteiger partial charge on any atom is 0.157 e. The second kappa shape index (κ2) is 6.84. The van der Waals surface area contributed by atoms with Gasteiger partial charge >= 0.3 is 0 Å². The first-order chi connectivity index (χ1) is 10.6. The van der Waals surface area contributed by atoms with Crippen molar-refractivity contribution in [1.29, 1.82) is 0 Å². The van der Waals surface area contributed by atoms with Crippen LogP contribution in [0.25, 0.3) is 0 Å². The highest BCUT2D eigenvalue weighted by atomic mass is 16.7. The predicted octanol–water partition coefficient (Wildman–Crippen LogP) is 4.41. The molecule has 2 atom stereocenters. The molecule has 2 aliphatic carbocycles. The zero-order valence-corrected chi connectivity index (χ0v) is 14.2. The summed E-state index contributed by atoms with van der Waals surface area (Å²) >= 11 is 0. The number of ketones is 1. The van der Waals surface area contributed by atoms with Gasteiger partial charge in [-0.3, -0.25) is 4.79 Å². The van der Waals surface area contributed by atoms with Gasteiger partial charge in [0.25, 0.3) is 0 Å². The second-order valence-electron chi connectivity index (χ2n) is 7.54. The van der Waals surface area contributed by atoms with Crippen molar-refractivity contribution in [2.45, 2.75) is 77.9 Å². The van der Waals surface area contributed by atoms with Crippen LogP contribution in [0.2, 0.25) is 0 Å². The van der Waals surface area contributed by atoms with Gasteiger partial charge < -0.3 is 9.47 Å². The number of hydrogen-bond donors (Lipinski definition) is 0. The Hall–Kier alpha value is -0.670. The van der Waals surface area contributed by atoms with Crippen LogP contribution < -0.4 is 0 Å². The minimum Gasteiger partial charge on any atom is -0.350 e. The van der Waals surface area contributed by atoms with Gasteiger partial charge in [-0.05, 0) is 49.9 Å². The first-order valence-corrected chi connectivity index (χ1v) is 9.09. The predicted molar refractivity (Wildman–Crippen MR) is 86.5 cm³/mol. The van der Waals surface area contributed by atoms with Gasteiger partial charge in [-0.1, -0.05) is 31.4 Å². The Labute approximate surface area is 134 Å². The van der Waals surface area contributed by atoms with E-state index in [1.807, 2.05) is 0 Å². The molecule has 0 aromatic heterocycles. The number of Topliss-reactive ketones (excluding diaryl/α,β-unsaturated/α-hetero) is 1. The van der Waals surface area contributed by atoms with Crippen LogP contribution in [-0.2, 0) is 14.3 Å². The van der Waals surface area contributed by atoms with Crippen molar-refractivity contribution in [1.82, 2.24) is 0 Å². The van der Waals surface area contributed by atoms with Crippen molar-refractivity contribution < 1.29 is 14.3 Å². The number of carbonyl (C=O) groups is 1. The monoisotopic (exact) mass is 306 g/mol. The minimum absolute atomic E-state index is 0.0101. The molecule has 0 unspecified atom stereocenters. The lowest BCUT2D eigenvalue weighted by molar-refractivity contribution is -0.117. The molecular weight excluding hydrogens is 276 g/mol. The van der Waals surface area contributed by atoms with Crippen LogP contribution in [-0.4, -0.2) is 25.3 Å². The highest BCUT2D eigenvalue weighted by Gasteiger charge is 2.44. The molecule has 3 nitrogen and oxygen atoms in total. The van der Waals surface area contributed by atoms with E-state index >= 15 is 0 Å². The molecule has 0 aromatic carbocycles. The lowest BCUT2D eigenvalue weighted by atomic mass is 9.67. The Morgan fingerprint density at radius 1 is 1.23 bits per heavy atom. The van der Waals surface area contributed by atoms with E-state index < -0.39 is 0 Å². The second-order valence-corrected chi connectivity index (χ2v) is 7.54. The van der Waals surface area contributed by atoms with Crippen molar-refractivity contribution in [3.63, 3.8) is 0 Å². The van der Waals surface area contributed by atoms with Crippen LogP contribution in [0.1, 0.15) is 71.6 Å². The summed E-state index contributed by atoms with van der Waals surface area (Å²) in [5, 5.41) is 0. The number of hydrogen-bond acceptors (Lipinski definition) is 3. The van der Waals surface area contributed by atoms with Crippen molar-refractivity contribution >= 4 is 5.78 Å². The highest BCUT2D eigenvalue weighted by molar-refractivity contribution is 5.86. The van der Waals surface area contributed by atoms with Crippen molar-refractivity contribution in [3.05, 3.63) is 11.1 Å². The lowest BCUT2D eigenvalue weighted by Crippen LogP contribution is -2.26. The normalized spacial score (nSPS) is 32.8. The van der Waals surface area contributed by atoms with E-state index in [4.69, 9.17) is 9.47 Å². The molecule has 0 N–H and O–H groups in total. The Kier molecular flexibility index (Phi) is 5.03. The fourth-order valence-corrected chi connectivity index (χ4v) is 4.62. The first-order valence-electron chi connectivity index (χ1n) is 9.09. The summed E-state index contributed by atoms with van der Waals surface area (Å²) in [5.74, 6) is 1.10. The van der Waals surface area contributed by atoms with Gasteiger partial charge in [0.2, 0.25) is 0 Å². The van der Waals surface area contributed by atoms with Gasteiger partial charge in [0.05, 0.1) is 13.2 Å². The van der Waals surface area contributed by atoms with E-state index in [1.165, 1.54) is 37.7 Å². The summed E-state index contributed by atoms with van der Waals surface area (Å²) in [6, 6.07) is 0. The lowest BCUT2D eigenvalue weighted by Gasteiger charge is -2.38. The maximum atomic E-state index is 12.0. The number of carbonyl (C=O) groups excluding carboxylic acids is 1. The quantitative estimate of drug-likeness (QED) is 0.682. The molecular formula is C19H30O3. The van der Waals surface area contributed by atoms with Crippen LogP contribution in [0, 0.1) is 11.3 Å². The van der Waals surface area contributed by atoms with Crippen LogP contribution in [0.3, 0.4) is 0 Å². The minimum atomic E-state index is 0.0101. The third-order valence-corrected chi connectivity index (χ3v) is 5.86. The van der Waals surface area contributed by atoms with Crippen LogP contribution >= 0.6 is 0 Å². The molecule has 22 heavy (non-hydrogen) atoms. The summed E-state index contributed by atoms with van der Waals surface area (Å²) in [6.07, 6.45) is 9.73. The Morgan fingerprint density at radius 3 is 2.73 bits per heavy atom. The van der Waals surface area contributed by atoms with Gasteiger partial charge in [-0.15, -0.1) is 0 Å². The number of ether oxygens (including phenoxy) is 2. The molecule has 0 spiro atoms. The van der Waals surface area contributed by atoms with Crippen LogP contribution in [0.15, 0.2) is 11.1 Å². The van der Waals surface area contributed by atoms with E-state index in [0.29, 0.717) is 11.7 Å². The fourth-order valence-electron chi connectivity index (χ4n) is 4.62. The van der Waals surface area contributed by atoms with Crippen LogP contribution in [0.5, 0.6) is 0 Å². The van der Waals surface area contributed by atoms with Gasteiger partial charge in [-0.2, -0.15) is 0 Å². The van der Waals surface area contributed by atoms with Gasteiger partial charge in [0.1, 0.15) is 5.78 Å². The largest absolute Gasteiger partial charge is 0.350 e. The Morgan fingerprint density at radius 2 is 2.00 bits per heavy atom. The number of fused-ring (bicyclic) bond motifs is 1. The molecule has 1 heterocycles. The Bertz CT molecular complexity index is 448. The van der Waals surface area contributed by atoms with E-state index in [-0.39, 0.29) is 11.7 Å². The van der Waals surface area contributed by atoms with Crippen molar-refractivity contribution in [2.75, 3.05) is 13.2 Å². The Balaban J connectivity index is 1.73.